The number of nitrogens with zero attached hydrogens (tertiary/aromatic N) is 1. The molecule has 3 aromatic rings. The number of fused-ring (bicyclic) bond motifs is 1. The van der Waals surface area contributed by atoms with Crippen LogP contribution in [0.3, 0.4) is 0 Å². The summed E-state index contributed by atoms with van der Waals surface area (Å²) >= 11 is 5.93. The van der Waals surface area contributed by atoms with Crippen LogP contribution in [0.15, 0.2) is 60.8 Å². The number of carbonyl (C=O) groups excluding carboxylic acids is 1. The largest absolute Gasteiger partial charge is 0.283 e. The van der Waals surface area contributed by atoms with Gasteiger partial charge in [0.1, 0.15) is 0 Å². The summed E-state index contributed by atoms with van der Waals surface area (Å²) in [6.07, 6.45) is 1.77. The molecule has 3 rings (SSSR count). The first kappa shape index (κ1) is 11.1. The molecular formula is C15H10ClNO. The fourth-order valence-corrected chi connectivity index (χ4v) is 2.19. The molecule has 2 nitrogen and oxygen atoms in total. The molecule has 0 saturated heterocycles. The Bertz CT molecular complexity index is 716. The Kier molecular flexibility index (Phi) is 2.65. The number of benzene rings is 2. The van der Waals surface area contributed by atoms with Gasteiger partial charge in [0.25, 0.3) is 5.91 Å². The number of carbonyl (C=O) groups is 1. The molecule has 0 atom stereocenters. The van der Waals surface area contributed by atoms with E-state index < -0.39 is 0 Å². The van der Waals surface area contributed by atoms with Crippen molar-refractivity contribution in [2.45, 2.75) is 0 Å². The van der Waals surface area contributed by atoms with Crippen LogP contribution in [0.2, 0.25) is 5.02 Å². The Labute approximate surface area is 109 Å². The third-order valence-electron chi connectivity index (χ3n) is 2.89. The Morgan fingerprint density at radius 1 is 1.00 bits per heavy atom. The van der Waals surface area contributed by atoms with E-state index >= 15 is 0 Å². The van der Waals surface area contributed by atoms with Crippen LogP contribution in [0.25, 0.3) is 10.9 Å². The smallest absolute Gasteiger partial charge is 0.262 e. The van der Waals surface area contributed by atoms with Gasteiger partial charge in [-0.15, -0.1) is 0 Å². The second-order valence-electron chi connectivity index (χ2n) is 4.06. The molecule has 0 fully saturated rings. The SMILES string of the molecule is O=C(c1ccccc1)n1ccc2cc(Cl)ccc21. The van der Waals surface area contributed by atoms with Gasteiger partial charge in [-0.1, -0.05) is 29.8 Å². The van der Waals surface area contributed by atoms with Gasteiger partial charge >= 0.3 is 0 Å². The van der Waals surface area contributed by atoms with Crippen molar-refractivity contribution in [1.29, 1.82) is 0 Å². The van der Waals surface area contributed by atoms with Crippen molar-refractivity contribution in [2.75, 3.05) is 0 Å². The van der Waals surface area contributed by atoms with Gasteiger partial charge in [0.05, 0.1) is 5.52 Å². The zero-order valence-electron chi connectivity index (χ0n) is 9.51. The monoisotopic (exact) mass is 255 g/mol. The second-order valence-corrected chi connectivity index (χ2v) is 4.50. The van der Waals surface area contributed by atoms with E-state index in [9.17, 15) is 4.79 Å². The minimum atomic E-state index is -0.0343. The van der Waals surface area contributed by atoms with E-state index in [4.69, 9.17) is 11.6 Å². The summed E-state index contributed by atoms with van der Waals surface area (Å²) in [6.45, 7) is 0. The van der Waals surface area contributed by atoms with Gasteiger partial charge < -0.3 is 0 Å². The molecule has 3 heteroatoms. The molecule has 2 aromatic carbocycles. The highest BCUT2D eigenvalue weighted by Crippen LogP contribution is 2.21. The highest BCUT2D eigenvalue weighted by molar-refractivity contribution is 6.31. The van der Waals surface area contributed by atoms with Gasteiger partial charge in [0, 0.05) is 22.2 Å². The lowest BCUT2D eigenvalue weighted by Crippen LogP contribution is -2.10. The first-order valence-corrected chi connectivity index (χ1v) is 6.00. The lowest BCUT2D eigenvalue weighted by Gasteiger charge is -2.04. The van der Waals surface area contributed by atoms with E-state index in [2.05, 4.69) is 0 Å². The first-order valence-electron chi connectivity index (χ1n) is 5.62. The van der Waals surface area contributed by atoms with Crippen molar-refractivity contribution in [2.24, 2.45) is 0 Å². The topological polar surface area (TPSA) is 22.0 Å². The summed E-state index contributed by atoms with van der Waals surface area (Å²) in [5.41, 5.74) is 1.54. The van der Waals surface area contributed by atoms with Gasteiger partial charge in [0.2, 0.25) is 0 Å². The van der Waals surface area contributed by atoms with Gasteiger partial charge in [0.15, 0.2) is 0 Å². The molecule has 0 bridgehead atoms. The van der Waals surface area contributed by atoms with Crippen molar-refractivity contribution in [3.05, 3.63) is 71.4 Å². The maximum absolute atomic E-state index is 12.3. The van der Waals surface area contributed by atoms with E-state index in [0.717, 1.165) is 10.9 Å². The Hall–Kier alpha value is -2.06. The molecule has 0 aliphatic rings. The van der Waals surface area contributed by atoms with E-state index in [1.54, 1.807) is 16.8 Å². The summed E-state index contributed by atoms with van der Waals surface area (Å²) in [6, 6.07) is 16.6. The fourth-order valence-electron chi connectivity index (χ4n) is 2.01. The van der Waals surface area contributed by atoms with Crippen molar-refractivity contribution in [1.82, 2.24) is 4.57 Å². The van der Waals surface area contributed by atoms with Crippen molar-refractivity contribution in [3.8, 4) is 0 Å². The summed E-state index contributed by atoms with van der Waals surface area (Å²) in [5.74, 6) is -0.0343. The number of hydrogen-bond acceptors (Lipinski definition) is 1. The lowest BCUT2D eigenvalue weighted by molar-refractivity contribution is 0.0965. The van der Waals surface area contributed by atoms with Gasteiger partial charge in [-0.2, -0.15) is 0 Å². The summed E-state index contributed by atoms with van der Waals surface area (Å²) < 4.78 is 1.64. The standard InChI is InChI=1S/C15H10ClNO/c16-13-6-7-14-12(10-13)8-9-17(14)15(18)11-4-2-1-3-5-11/h1-10H. The van der Waals surface area contributed by atoms with E-state index in [-0.39, 0.29) is 5.91 Å². The second kappa shape index (κ2) is 4.31. The minimum absolute atomic E-state index is 0.0343. The number of aromatic nitrogens is 1. The highest BCUT2D eigenvalue weighted by Gasteiger charge is 2.10. The number of hydrogen-bond donors (Lipinski definition) is 0. The lowest BCUT2D eigenvalue weighted by atomic mass is 10.2. The molecule has 0 aliphatic heterocycles. The first-order chi connectivity index (χ1) is 8.75. The molecule has 0 radical (unpaired) electrons. The zero-order valence-corrected chi connectivity index (χ0v) is 10.3. The van der Waals surface area contributed by atoms with Gasteiger partial charge in [-0.05, 0) is 36.4 Å². The predicted molar refractivity (Wildman–Crippen MR) is 73.1 cm³/mol. The predicted octanol–water partition coefficient (Wildman–Crippen LogP) is 3.98. The van der Waals surface area contributed by atoms with Crippen LogP contribution in [0.5, 0.6) is 0 Å². The molecule has 0 unspecified atom stereocenters. The molecule has 1 heterocycles. The number of halogens is 1. The Balaban J connectivity index is 2.13. The minimum Gasteiger partial charge on any atom is -0.283 e. The number of rotatable bonds is 1. The van der Waals surface area contributed by atoms with E-state index in [1.165, 1.54) is 0 Å². The molecule has 18 heavy (non-hydrogen) atoms. The summed E-state index contributed by atoms with van der Waals surface area (Å²) in [5, 5.41) is 1.64. The molecule has 0 aliphatic carbocycles. The van der Waals surface area contributed by atoms with Crippen LogP contribution in [-0.2, 0) is 0 Å². The maximum atomic E-state index is 12.3. The third kappa shape index (κ3) is 1.81. The van der Waals surface area contributed by atoms with Crippen LogP contribution in [0, 0.1) is 0 Å². The van der Waals surface area contributed by atoms with Crippen LogP contribution >= 0.6 is 11.6 Å². The molecule has 88 valence electrons. The fraction of sp³-hybridized carbons (Fsp3) is 0. The normalized spacial score (nSPS) is 10.7. The van der Waals surface area contributed by atoms with Crippen LogP contribution in [-0.4, -0.2) is 10.5 Å². The van der Waals surface area contributed by atoms with Crippen molar-refractivity contribution in [3.63, 3.8) is 0 Å². The average Bonchev–Trinajstić information content (AvgIpc) is 2.81. The van der Waals surface area contributed by atoms with Crippen LogP contribution in [0.1, 0.15) is 10.4 Å². The summed E-state index contributed by atoms with van der Waals surface area (Å²) in [7, 11) is 0. The highest BCUT2D eigenvalue weighted by atomic mass is 35.5. The average molecular weight is 256 g/mol. The Morgan fingerprint density at radius 2 is 1.78 bits per heavy atom. The van der Waals surface area contributed by atoms with Crippen LogP contribution in [0.4, 0.5) is 0 Å². The molecule has 0 amide bonds. The zero-order chi connectivity index (χ0) is 12.5. The molecule has 0 spiro atoms. The molecule has 0 N–H and O–H groups in total. The molecule has 1 aromatic heterocycles. The summed E-state index contributed by atoms with van der Waals surface area (Å²) in [4.78, 5) is 12.3. The van der Waals surface area contributed by atoms with E-state index in [1.807, 2.05) is 48.5 Å². The van der Waals surface area contributed by atoms with Gasteiger partial charge in [-0.3, -0.25) is 9.36 Å². The maximum Gasteiger partial charge on any atom is 0.262 e. The van der Waals surface area contributed by atoms with Crippen molar-refractivity contribution < 1.29 is 4.79 Å². The van der Waals surface area contributed by atoms with E-state index in [0.29, 0.717) is 10.6 Å². The quantitative estimate of drug-likeness (QED) is 0.645. The Morgan fingerprint density at radius 3 is 2.56 bits per heavy atom. The van der Waals surface area contributed by atoms with Crippen LogP contribution < -0.4 is 0 Å². The van der Waals surface area contributed by atoms with Gasteiger partial charge in [-0.25, -0.2) is 0 Å². The van der Waals surface area contributed by atoms with Crippen molar-refractivity contribution >= 4 is 28.4 Å². The molecular weight excluding hydrogens is 246 g/mol. The third-order valence-corrected chi connectivity index (χ3v) is 3.13. The molecule has 0 saturated carbocycles.